The molecule has 0 radical (unpaired) electrons. The van der Waals surface area contributed by atoms with Crippen molar-refractivity contribution in [2.24, 2.45) is 0 Å². The second-order valence-corrected chi connectivity index (χ2v) is 8.90. The Morgan fingerprint density at radius 3 is 2.50 bits per heavy atom. The highest BCUT2D eigenvalue weighted by molar-refractivity contribution is 6.30. The standard InChI is InChI=1S/C23H20ClF3N6O5/c1-37-16-3-2-11(24)6-15(16)32-9-28-30-23(32)22-21(36)19(20(35)17(8-34)38-22)33-7-14(29-31-33)10-4-12(25)18(27)13(26)5-10/h2-7,9,17,19-22,34-36H,8H2,1H3/t17-,19+,20+,21-,22-/m1/s1. The molecule has 4 aromatic rings. The summed E-state index contributed by atoms with van der Waals surface area (Å²) in [6.07, 6.45) is -2.91. The predicted octanol–water partition coefficient (Wildman–Crippen LogP) is 2.00. The fourth-order valence-electron chi connectivity index (χ4n) is 4.36. The number of methoxy groups -OCH3 is 1. The van der Waals surface area contributed by atoms with Gasteiger partial charge in [-0.15, -0.1) is 15.3 Å². The molecule has 0 aliphatic carbocycles. The maximum Gasteiger partial charge on any atom is 0.194 e. The molecule has 1 aliphatic rings. The molecule has 1 saturated heterocycles. The van der Waals surface area contributed by atoms with Crippen LogP contribution in [0.4, 0.5) is 13.2 Å². The van der Waals surface area contributed by atoms with E-state index in [-0.39, 0.29) is 17.1 Å². The minimum Gasteiger partial charge on any atom is -0.495 e. The van der Waals surface area contributed by atoms with Gasteiger partial charge in [0.1, 0.15) is 48.2 Å². The average Bonchev–Trinajstić information content (AvgIpc) is 3.58. The summed E-state index contributed by atoms with van der Waals surface area (Å²) in [5.74, 6) is -3.97. The highest BCUT2D eigenvalue weighted by Crippen LogP contribution is 2.39. The summed E-state index contributed by atoms with van der Waals surface area (Å²) in [4.78, 5) is 0. The summed E-state index contributed by atoms with van der Waals surface area (Å²) >= 11 is 6.16. The zero-order valence-corrected chi connectivity index (χ0v) is 20.2. The lowest BCUT2D eigenvalue weighted by molar-refractivity contribution is -0.210. The summed E-state index contributed by atoms with van der Waals surface area (Å²) in [5, 5.41) is 48.2. The van der Waals surface area contributed by atoms with Crippen molar-refractivity contribution in [1.82, 2.24) is 29.8 Å². The number of aliphatic hydroxyl groups excluding tert-OH is 3. The molecule has 0 spiro atoms. The van der Waals surface area contributed by atoms with E-state index in [1.807, 2.05) is 0 Å². The lowest BCUT2D eigenvalue weighted by Crippen LogP contribution is -2.53. The average molecular weight is 553 g/mol. The van der Waals surface area contributed by atoms with E-state index < -0.39 is 54.5 Å². The quantitative estimate of drug-likeness (QED) is 0.306. The number of aromatic nitrogens is 6. The van der Waals surface area contributed by atoms with Crippen LogP contribution in [-0.4, -0.2) is 77.1 Å². The second kappa shape index (κ2) is 10.3. The fourth-order valence-corrected chi connectivity index (χ4v) is 4.53. The van der Waals surface area contributed by atoms with Crippen molar-refractivity contribution in [2.75, 3.05) is 13.7 Å². The Kier molecular flexibility index (Phi) is 7.07. The highest BCUT2D eigenvalue weighted by Gasteiger charge is 2.48. The summed E-state index contributed by atoms with van der Waals surface area (Å²) < 4.78 is 54.6. The van der Waals surface area contributed by atoms with Gasteiger partial charge in [-0.1, -0.05) is 16.8 Å². The number of hydrogen-bond donors (Lipinski definition) is 3. The van der Waals surface area contributed by atoms with E-state index in [1.54, 1.807) is 18.2 Å². The molecule has 2 aromatic heterocycles. The number of benzene rings is 2. The van der Waals surface area contributed by atoms with Gasteiger partial charge < -0.3 is 24.8 Å². The first-order chi connectivity index (χ1) is 18.2. The Morgan fingerprint density at radius 2 is 1.82 bits per heavy atom. The predicted molar refractivity (Wildman–Crippen MR) is 124 cm³/mol. The van der Waals surface area contributed by atoms with Gasteiger partial charge in [-0.25, -0.2) is 17.9 Å². The third-order valence-electron chi connectivity index (χ3n) is 6.22. The van der Waals surface area contributed by atoms with Gasteiger partial charge in [-0.2, -0.15) is 0 Å². The number of halogens is 4. The molecule has 5 atom stereocenters. The zero-order chi connectivity index (χ0) is 27.1. The normalized spacial score (nSPS) is 23.5. The number of ether oxygens (including phenoxy) is 2. The van der Waals surface area contributed by atoms with Crippen LogP contribution in [0.1, 0.15) is 18.0 Å². The van der Waals surface area contributed by atoms with Crippen LogP contribution in [0.2, 0.25) is 5.02 Å². The summed E-state index contributed by atoms with van der Waals surface area (Å²) in [5.41, 5.74) is 0.256. The van der Waals surface area contributed by atoms with E-state index in [1.165, 1.54) is 24.2 Å². The van der Waals surface area contributed by atoms with Crippen LogP contribution in [-0.2, 0) is 4.74 Å². The molecule has 0 saturated carbocycles. The van der Waals surface area contributed by atoms with Crippen LogP contribution in [0, 0.1) is 17.5 Å². The van der Waals surface area contributed by atoms with E-state index in [0.717, 1.165) is 16.8 Å². The third kappa shape index (κ3) is 4.50. The molecular weight excluding hydrogens is 533 g/mol. The summed E-state index contributed by atoms with van der Waals surface area (Å²) in [6.45, 7) is -0.633. The molecule has 15 heteroatoms. The van der Waals surface area contributed by atoms with Gasteiger partial charge in [0.25, 0.3) is 0 Å². The van der Waals surface area contributed by atoms with Crippen molar-refractivity contribution in [3.05, 3.63) is 71.2 Å². The van der Waals surface area contributed by atoms with Crippen molar-refractivity contribution in [1.29, 1.82) is 0 Å². The van der Waals surface area contributed by atoms with Gasteiger partial charge in [0.15, 0.2) is 23.3 Å². The van der Waals surface area contributed by atoms with Crippen LogP contribution < -0.4 is 4.74 Å². The largest absolute Gasteiger partial charge is 0.495 e. The van der Waals surface area contributed by atoms with Gasteiger partial charge in [-0.05, 0) is 30.3 Å². The molecule has 2 aromatic carbocycles. The first kappa shape index (κ1) is 26.1. The van der Waals surface area contributed by atoms with Gasteiger partial charge in [0.05, 0.1) is 25.6 Å². The van der Waals surface area contributed by atoms with Crippen molar-refractivity contribution in [2.45, 2.75) is 30.5 Å². The molecule has 0 amide bonds. The highest BCUT2D eigenvalue weighted by atomic mass is 35.5. The molecular formula is C23H20ClF3N6O5. The van der Waals surface area contributed by atoms with Gasteiger partial charge in [0.2, 0.25) is 0 Å². The summed E-state index contributed by atoms with van der Waals surface area (Å²) in [6, 6.07) is 5.06. The van der Waals surface area contributed by atoms with E-state index in [2.05, 4.69) is 20.5 Å². The molecule has 3 N–H and O–H groups in total. The maximum atomic E-state index is 13.7. The Morgan fingerprint density at radius 1 is 1.08 bits per heavy atom. The van der Waals surface area contributed by atoms with Gasteiger partial charge in [0, 0.05) is 10.6 Å². The zero-order valence-electron chi connectivity index (χ0n) is 19.5. The van der Waals surface area contributed by atoms with Gasteiger partial charge >= 0.3 is 0 Å². The molecule has 200 valence electrons. The van der Waals surface area contributed by atoms with Crippen molar-refractivity contribution < 1.29 is 38.0 Å². The lowest BCUT2D eigenvalue weighted by atomic mass is 9.92. The monoisotopic (exact) mass is 552 g/mol. The Balaban J connectivity index is 1.53. The molecule has 38 heavy (non-hydrogen) atoms. The Labute approximate surface area is 217 Å². The van der Waals surface area contributed by atoms with Crippen LogP contribution in [0.15, 0.2) is 42.9 Å². The first-order valence-electron chi connectivity index (χ1n) is 11.2. The van der Waals surface area contributed by atoms with Gasteiger partial charge in [-0.3, -0.25) is 4.57 Å². The lowest BCUT2D eigenvalue weighted by Gasteiger charge is -2.41. The van der Waals surface area contributed by atoms with E-state index in [0.29, 0.717) is 16.5 Å². The Hall–Kier alpha value is -3.56. The second-order valence-electron chi connectivity index (χ2n) is 8.46. The van der Waals surface area contributed by atoms with E-state index in [4.69, 9.17) is 21.1 Å². The molecule has 0 unspecified atom stereocenters. The van der Waals surface area contributed by atoms with Crippen LogP contribution in [0.5, 0.6) is 5.75 Å². The maximum absolute atomic E-state index is 13.7. The van der Waals surface area contributed by atoms with E-state index in [9.17, 15) is 28.5 Å². The molecule has 1 fully saturated rings. The summed E-state index contributed by atoms with van der Waals surface area (Å²) in [7, 11) is 1.46. The Bertz CT molecular complexity index is 1450. The van der Waals surface area contributed by atoms with Crippen LogP contribution in [0.3, 0.4) is 0 Å². The first-order valence-corrected chi connectivity index (χ1v) is 11.5. The van der Waals surface area contributed by atoms with E-state index >= 15 is 0 Å². The third-order valence-corrected chi connectivity index (χ3v) is 6.45. The number of aliphatic hydroxyl groups is 3. The molecule has 0 bridgehead atoms. The minimum absolute atomic E-state index is 0.0578. The molecule has 1 aliphatic heterocycles. The number of rotatable bonds is 6. The van der Waals surface area contributed by atoms with Crippen molar-refractivity contribution >= 4 is 11.6 Å². The van der Waals surface area contributed by atoms with Crippen LogP contribution >= 0.6 is 11.6 Å². The fraction of sp³-hybridized carbons (Fsp3) is 0.304. The topological polar surface area (TPSA) is 141 Å². The number of hydrogen-bond acceptors (Lipinski definition) is 9. The molecule has 5 rings (SSSR count). The SMILES string of the molecule is COc1ccc(Cl)cc1-n1cnnc1[C@@H]1O[C@H](CO)[C@H](O)[C@H](n2cc(-c3cc(F)c(F)c(F)c3)nn2)[C@H]1O. The van der Waals surface area contributed by atoms with Crippen molar-refractivity contribution in [3.63, 3.8) is 0 Å². The number of nitrogens with zero attached hydrogens (tertiary/aromatic N) is 6. The van der Waals surface area contributed by atoms with Crippen LogP contribution in [0.25, 0.3) is 16.9 Å². The molecule has 3 heterocycles. The smallest absolute Gasteiger partial charge is 0.194 e. The van der Waals surface area contributed by atoms with Crippen molar-refractivity contribution in [3.8, 4) is 22.7 Å². The minimum atomic E-state index is -1.63. The molecule has 11 nitrogen and oxygen atoms in total.